The van der Waals surface area contributed by atoms with Gasteiger partial charge >= 0.3 is 12.5 Å². The number of halogens is 5. The van der Waals surface area contributed by atoms with E-state index in [0.29, 0.717) is 22.2 Å². The Kier molecular flexibility index (Phi) is 10.4. The molecule has 49 heavy (non-hydrogen) atoms. The van der Waals surface area contributed by atoms with Crippen molar-refractivity contribution in [1.82, 2.24) is 19.0 Å². The van der Waals surface area contributed by atoms with Crippen molar-refractivity contribution in [3.63, 3.8) is 0 Å². The molecule has 3 aromatic carbocycles. The highest BCUT2D eigenvalue weighted by molar-refractivity contribution is 7.89. The number of piperazine rings is 1. The Labute approximate surface area is 290 Å². The number of hydrogen-bond donors (Lipinski definition) is 1. The van der Waals surface area contributed by atoms with Gasteiger partial charge < -0.3 is 19.6 Å². The second-order valence-electron chi connectivity index (χ2n) is 11.8. The largest absolute Gasteiger partial charge is 0.573 e. The maximum absolute atomic E-state index is 14.5. The third-order valence-corrected chi connectivity index (χ3v) is 10.9. The van der Waals surface area contributed by atoms with Crippen molar-refractivity contribution in [2.45, 2.75) is 62.4 Å². The van der Waals surface area contributed by atoms with E-state index in [9.17, 15) is 41.1 Å². The minimum atomic E-state index is -5.07. The zero-order valence-electron chi connectivity index (χ0n) is 26.0. The lowest BCUT2D eigenvalue weighted by atomic mass is 9.96. The highest BCUT2D eigenvalue weighted by Crippen LogP contribution is 2.37. The topological polar surface area (TPSA) is 128 Å². The maximum Gasteiger partial charge on any atom is 0.573 e. The number of ether oxygens (including phenoxy) is 1. The standard InChI is InChI=1S/C32H31Cl2F3N4O7S/c1-19(2)38-18-28-40(49(46,47)27-13-12-23(15-24(27)34)48-32(35,36)37)17-26(39(31(44)45)16-21-6-4-3-5-7-21)30(43)41(28)25(29(38)42)14-20-8-10-22(33)11-9-20/h3-13,15,19,25-26,28H,14,16-18H2,1-2H3,(H,44,45). The second-order valence-corrected chi connectivity index (χ2v) is 14.5. The van der Waals surface area contributed by atoms with Gasteiger partial charge in [-0.3, -0.25) is 14.5 Å². The van der Waals surface area contributed by atoms with Gasteiger partial charge in [-0.15, -0.1) is 13.2 Å². The van der Waals surface area contributed by atoms with Gasteiger partial charge in [0.25, 0.3) is 0 Å². The van der Waals surface area contributed by atoms with Gasteiger partial charge in [-0.1, -0.05) is 65.7 Å². The summed E-state index contributed by atoms with van der Waals surface area (Å²) in [6.45, 7) is 2.20. The van der Waals surface area contributed by atoms with E-state index in [1.54, 1.807) is 68.4 Å². The number of fused-ring (bicyclic) bond motifs is 1. The summed E-state index contributed by atoms with van der Waals surface area (Å²) in [5.74, 6) is -2.03. The molecule has 0 spiro atoms. The molecule has 3 unspecified atom stereocenters. The predicted octanol–water partition coefficient (Wildman–Crippen LogP) is 5.46. The maximum atomic E-state index is 14.5. The summed E-state index contributed by atoms with van der Waals surface area (Å²) in [6, 6.07) is 13.8. The summed E-state index contributed by atoms with van der Waals surface area (Å²) in [7, 11) is -4.78. The number of carbonyl (C=O) groups excluding carboxylic acids is 2. The minimum absolute atomic E-state index is 0.0575. The van der Waals surface area contributed by atoms with E-state index in [4.69, 9.17) is 23.2 Å². The van der Waals surface area contributed by atoms with Crippen molar-refractivity contribution < 1.29 is 45.8 Å². The lowest BCUT2D eigenvalue weighted by Gasteiger charge is -2.55. The summed E-state index contributed by atoms with van der Waals surface area (Å²) < 4.78 is 72.4. The Hall–Kier alpha value is -4.05. The summed E-state index contributed by atoms with van der Waals surface area (Å²) in [5.41, 5.74) is 1.11. The third-order valence-electron chi connectivity index (χ3n) is 8.32. The molecule has 1 N–H and O–H groups in total. The highest BCUT2D eigenvalue weighted by atomic mass is 35.5. The van der Waals surface area contributed by atoms with Crippen LogP contribution in [0.1, 0.15) is 25.0 Å². The molecule has 3 amide bonds. The van der Waals surface area contributed by atoms with Crippen LogP contribution in [-0.4, -0.2) is 94.2 Å². The zero-order chi connectivity index (χ0) is 35.8. The first-order valence-corrected chi connectivity index (χ1v) is 17.1. The van der Waals surface area contributed by atoms with Crippen molar-refractivity contribution in [2.24, 2.45) is 0 Å². The number of carboxylic acid groups (broad SMARTS) is 1. The molecule has 0 aromatic heterocycles. The molecular formula is C32H31Cl2F3N4O7S. The van der Waals surface area contributed by atoms with E-state index in [0.717, 1.165) is 26.2 Å². The summed E-state index contributed by atoms with van der Waals surface area (Å²) in [6.07, 6.45) is -7.98. The van der Waals surface area contributed by atoms with Gasteiger partial charge in [0.2, 0.25) is 21.8 Å². The minimum Gasteiger partial charge on any atom is -0.465 e. The molecule has 262 valence electrons. The van der Waals surface area contributed by atoms with E-state index in [1.165, 1.54) is 4.90 Å². The molecule has 2 aliphatic heterocycles. The van der Waals surface area contributed by atoms with Crippen LogP contribution in [0.3, 0.4) is 0 Å². The number of amides is 3. The summed E-state index contributed by atoms with van der Waals surface area (Å²) in [5, 5.41) is 10.2. The average Bonchev–Trinajstić information content (AvgIpc) is 3.01. The van der Waals surface area contributed by atoms with Crippen LogP contribution in [0.5, 0.6) is 5.75 Å². The van der Waals surface area contributed by atoms with Gasteiger partial charge in [-0.2, -0.15) is 4.31 Å². The van der Waals surface area contributed by atoms with E-state index in [1.807, 2.05) is 0 Å². The molecule has 3 aromatic rings. The molecule has 17 heteroatoms. The molecular weight excluding hydrogens is 712 g/mol. The van der Waals surface area contributed by atoms with Crippen LogP contribution in [0.2, 0.25) is 10.0 Å². The van der Waals surface area contributed by atoms with Crippen molar-refractivity contribution in [1.29, 1.82) is 0 Å². The van der Waals surface area contributed by atoms with E-state index < -0.39 is 80.8 Å². The first-order valence-electron chi connectivity index (χ1n) is 15.0. The second kappa shape index (κ2) is 14.1. The molecule has 0 bridgehead atoms. The van der Waals surface area contributed by atoms with E-state index in [2.05, 4.69) is 4.74 Å². The van der Waals surface area contributed by atoms with Crippen LogP contribution in [0.25, 0.3) is 0 Å². The number of sulfonamides is 1. The molecule has 2 saturated heterocycles. The zero-order valence-corrected chi connectivity index (χ0v) is 28.4. The molecule has 0 saturated carbocycles. The molecule has 0 radical (unpaired) electrons. The van der Waals surface area contributed by atoms with Crippen LogP contribution < -0.4 is 4.74 Å². The lowest BCUT2D eigenvalue weighted by molar-refractivity contribution is -0.274. The Balaban J connectivity index is 1.65. The van der Waals surface area contributed by atoms with Crippen LogP contribution in [0.15, 0.2) is 77.7 Å². The molecule has 11 nitrogen and oxygen atoms in total. The molecule has 5 rings (SSSR count). The third kappa shape index (κ3) is 7.74. The first-order chi connectivity index (χ1) is 23.0. The van der Waals surface area contributed by atoms with E-state index in [-0.39, 0.29) is 19.5 Å². The van der Waals surface area contributed by atoms with Crippen molar-refractivity contribution in [3.05, 3.63) is 94.0 Å². The normalized spacial score (nSPS) is 20.4. The van der Waals surface area contributed by atoms with Gasteiger partial charge in [0, 0.05) is 36.6 Å². The number of rotatable bonds is 9. The van der Waals surface area contributed by atoms with Gasteiger partial charge in [0.15, 0.2) is 0 Å². The summed E-state index contributed by atoms with van der Waals surface area (Å²) in [4.78, 5) is 44.0. The quantitative estimate of drug-likeness (QED) is 0.309. The molecule has 2 heterocycles. The Morgan fingerprint density at radius 3 is 2.20 bits per heavy atom. The lowest BCUT2D eigenvalue weighted by Crippen LogP contribution is -2.76. The predicted molar refractivity (Wildman–Crippen MR) is 172 cm³/mol. The number of hydrogen-bond acceptors (Lipinski definition) is 6. The number of nitrogens with zero attached hydrogens (tertiary/aromatic N) is 4. The smallest absolute Gasteiger partial charge is 0.465 e. The van der Waals surface area contributed by atoms with Crippen molar-refractivity contribution in [2.75, 3.05) is 13.1 Å². The van der Waals surface area contributed by atoms with Crippen molar-refractivity contribution in [3.8, 4) is 5.75 Å². The van der Waals surface area contributed by atoms with Crippen LogP contribution in [-0.2, 0) is 32.6 Å². The number of benzene rings is 3. The number of alkyl halides is 3. The van der Waals surface area contributed by atoms with E-state index >= 15 is 0 Å². The highest BCUT2D eigenvalue weighted by Gasteiger charge is 2.56. The van der Waals surface area contributed by atoms with Gasteiger partial charge in [0.1, 0.15) is 28.9 Å². The SMILES string of the molecule is CC(C)N1CC2N(C(=O)C(N(Cc3ccccc3)C(=O)O)CN2S(=O)(=O)c2ccc(OC(F)(F)F)cc2Cl)C(Cc2ccc(Cl)cc2)C1=O. The fourth-order valence-corrected chi connectivity index (χ4v) is 8.25. The monoisotopic (exact) mass is 742 g/mol. The van der Waals surface area contributed by atoms with Gasteiger partial charge in [-0.05, 0) is 49.2 Å². The summed E-state index contributed by atoms with van der Waals surface area (Å²) >= 11 is 12.3. The molecule has 3 atom stereocenters. The number of carbonyl (C=O) groups is 3. The molecule has 2 fully saturated rings. The van der Waals surface area contributed by atoms with Crippen LogP contribution in [0, 0.1) is 0 Å². The molecule has 0 aliphatic carbocycles. The van der Waals surface area contributed by atoms with Crippen molar-refractivity contribution >= 4 is 51.1 Å². The van der Waals surface area contributed by atoms with Gasteiger partial charge in [0.05, 0.1) is 11.6 Å². The Bertz CT molecular complexity index is 1830. The first kappa shape index (κ1) is 36.2. The fourth-order valence-electron chi connectivity index (χ4n) is 6.03. The Morgan fingerprint density at radius 2 is 1.63 bits per heavy atom. The Morgan fingerprint density at radius 1 is 0.980 bits per heavy atom. The fraction of sp³-hybridized carbons (Fsp3) is 0.344. The van der Waals surface area contributed by atoms with Crippen LogP contribution >= 0.6 is 23.2 Å². The van der Waals surface area contributed by atoms with Crippen LogP contribution in [0.4, 0.5) is 18.0 Å². The average molecular weight is 744 g/mol. The molecule has 2 aliphatic rings. The van der Waals surface area contributed by atoms with Gasteiger partial charge in [-0.25, -0.2) is 13.2 Å².